The number of pyridine rings is 1. The zero-order chi connectivity index (χ0) is 26.4. The minimum absolute atomic E-state index is 0.00590. The van der Waals surface area contributed by atoms with Crippen molar-refractivity contribution in [3.8, 4) is 22.7 Å². The third-order valence-corrected chi connectivity index (χ3v) is 8.47. The second kappa shape index (κ2) is 9.09. The first-order chi connectivity index (χ1) is 18.4. The van der Waals surface area contributed by atoms with Crippen LogP contribution in [0.15, 0.2) is 94.7 Å². The molecule has 0 saturated carbocycles. The Morgan fingerprint density at radius 1 is 0.895 bits per heavy atom. The van der Waals surface area contributed by atoms with Crippen molar-refractivity contribution in [3.63, 3.8) is 0 Å². The van der Waals surface area contributed by atoms with Gasteiger partial charge in [-0.05, 0) is 47.0 Å². The van der Waals surface area contributed by atoms with E-state index in [-0.39, 0.29) is 35.4 Å². The molecule has 1 aliphatic heterocycles. The lowest BCUT2D eigenvalue weighted by molar-refractivity contribution is 0.378. The van der Waals surface area contributed by atoms with Crippen LogP contribution in [0.2, 0.25) is 0 Å². The highest BCUT2D eigenvalue weighted by Crippen LogP contribution is 2.34. The second-order valence-corrected chi connectivity index (χ2v) is 10.9. The third kappa shape index (κ3) is 3.90. The minimum Gasteiger partial charge on any atom is -0.480 e. The molecule has 10 heteroatoms. The van der Waals surface area contributed by atoms with Crippen LogP contribution < -0.4 is 16.0 Å². The second-order valence-electron chi connectivity index (χ2n) is 8.95. The van der Waals surface area contributed by atoms with Crippen molar-refractivity contribution in [2.24, 2.45) is 0 Å². The van der Waals surface area contributed by atoms with Gasteiger partial charge in [0.1, 0.15) is 4.90 Å². The standard InChI is InChI=1S/C28H23N5O4S/c1-37-26-25(38(35,36)32-16-19-7-5-6-8-20(19)17-32)14-21(15-30-26)18-11-12-24-23(13-18)27(34)33(28(29)31-24)22-9-3-2-4-10-22/h2-15H,16-17H2,1H3,(H2,29,31). The molecule has 0 bridgehead atoms. The Bertz CT molecular complexity index is 1850. The number of ether oxygens (including phenoxy) is 1. The molecule has 0 aliphatic carbocycles. The van der Waals surface area contributed by atoms with Crippen LogP contribution in [0.25, 0.3) is 27.7 Å². The van der Waals surface area contributed by atoms with E-state index in [1.165, 1.54) is 28.2 Å². The van der Waals surface area contributed by atoms with E-state index in [4.69, 9.17) is 10.5 Å². The highest BCUT2D eigenvalue weighted by atomic mass is 32.2. The molecule has 0 spiro atoms. The number of sulfonamides is 1. The number of fused-ring (bicyclic) bond motifs is 2. The summed E-state index contributed by atoms with van der Waals surface area (Å²) < 4.78 is 35.5. The predicted octanol–water partition coefficient (Wildman–Crippen LogP) is 3.74. The van der Waals surface area contributed by atoms with Crippen molar-refractivity contribution in [1.29, 1.82) is 0 Å². The fourth-order valence-electron chi connectivity index (χ4n) is 4.75. The van der Waals surface area contributed by atoms with Gasteiger partial charge >= 0.3 is 0 Å². The van der Waals surface area contributed by atoms with Crippen molar-refractivity contribution in [2.45, 2.75) is 18.0 Å². The molecule has 3 aromatic carbocycles. The molecule has 5 aromatic rings. The molecule has 0 atom stereocenters. The maximum absolute atomic E-state index is 13.7. The van der Waals surface area contributed by atoms with Crippen molar-refractivity contribution < 1.29 is 13.2 Å². The smallest absolute Gasteiger partial charge is 0.267 e. The molecule has 2 aromatic heterocycles. The highest BCUT2D eigenvalue weighted by molar-refractivity contribution is 7.89. The van der Waals surface area contributed by atoms with Crippen LogP contribution >= 0.6 is 0 Å². The minimum atomic E-state index is -3.93. The lowest BCUT2D eigenvalue weighted by atomic mass is 10.1. The first-order valence-electron chi connectivity index (χ1n) is 11.9. The van der Waals surface area contributed by atoms with Gasteiger partial charge in [-0.25, -0.2) is 23.0 Å². The summed E-state index contributed by atoms with van der Waals surface area (Å²) in [5, 5.41) is 0.343. The van der Waals surface area contributed by atoms with Crippen LogP contribution in [0.5, 0.6) is 5.88 Å². The van der Waals surface area contributed by atoms with Crippen LogP contribution in [0.3, 0.4) is 0 Å². The van der Waals surface area contributed by atoms with E-state index in [0.717, 1.165) is 11.1 Å². The number of nitrogen functional groups attached to an aromatic ring is 1. The Labute approximate surface area is 218 Å². The molecule has 190 valence electrons. The topological polar surface area (TPSA) is 120 Å². The fourth-order valence-corrected chi connectivity index (χ4v) is 6.28. The normalized spacial score (nSPS) is 13.5. The number of hydrogen-bond donors (Lipinski definition) is 1. The Morgan fingerprint density at radius 2 is 1.58 bits per heavy atom. The summed E-state index contributed by atoms with van der Waals surface area (Å²) in [4.78, 5) is 22.1. The van der Waals surface area contributed by atoms with Gasteiger partial charge in [-0.1, -0.05) is 48.5 Å². The summed E-state index contributed by atoms with van der Waals surface area (Å²) in [6, 6.07) is 23.3. The van der Waals surface area contributed by atoms with Crippen molar-refractivity contribution in [1.82, 2.24) is 18.8 Å². The molecular weight excluding hydrogens is 502 g/mol. The number of benzene rings is 3. The number of methoxy groups -OCH3 is 1. The Kier molecular flexibility index (Phi) is 5.70. The zero-order valence-electron chi connectivity index (χ0n) is 20.4. The molecule has 2 N–H and O–H groups in total. The molecule has 6 rings (SSSR count). The van der Waals surface area contributed by atoms with Gasteiger partial charge in [-0.3, -0.25) is 4.79 Å². The molecule has 9 nitrogen and oxygen atoms in total. The molecule has 0 saturated heterocycles. The van der Waals surface area contributed by atoms with Crippen molar-refractivity contribution in [2.75, 3.05) is 12.8 Å². The first-order valence-corrected chi connectivity index (χ1v) is 13.3. The van der Waals surface area contributed by atoms with Crippen molar-refractivity contribution >= 4 is 26.9 Å². The van der Waals surface area contributed by atoms with Gasteiger partial charge in [-0.15, -0.1) is 0 Å². The quantitative estimate of drug-likeness (QED) is 0.371. The monoisotopic (exact) mass is 525 g/mol. The third-order valence-electron chi connectivity index (χ3n) is 6.68. The van der Waals surface area contributed by atoms with Crippen LogP contribution in [-0.2, 0) is 23.1 Å². The molecule has 1 aliphatic rings. The van der Waals surface area contributed by atoms with Crippen LogP contribution in [0.1, 0.15) is 11.1 Å². The molecule has 0 fully saturated rings. The van der Waals surface area contributed by atoms with E-state index in [1.54, 1.807) is 30.3 Å². The summed E-state index contributed by atoms with van der Waals surface area (Å²) in [5.41, 5.74) is 9.89. The lowest BCUT2D eigenvalue weighted by Gasteiger charge is -2.18. The number of rotatable bonds is 5. The van der Waals surface area contributed by atoms with Gasteiger partial charge in [0.15, 0.2) is 0 Å². The summed E-state index contributed by atoms with van der Waals surface area (Å²) in [5.74, 6) is 0.0823. The first kappa shape index (κ1) is 23.8. The Hall–Kier alpha value is -4.54. The number of nitrogens with two attached hydrogens (primary N) is 1. The van der Waals surface area contributed by atoms with E-state index in [0.29, 0.717) is 27.7 Å². The SMILES string of the molecule is COc1ncc(-c2ccc3nc(N)n(-c4ccccc4)c(=O)c3c2)cc1S(=O)(=O)N1Cc2ccccc2C1. The van der Waals surface area contributed by atoms with Crippen LogP contribution in [-0.4, -0.2) is 34.4 Å². The number of para-hydroxylation sites is 1. The number of aromatic nitrogens is 3. The average molecular weight is 526 g/mol. The van der Waals surface area contributed by atoms with Gasteiger partial charge in [-0.2, -0.15) is 4.31 Å². The highest BCUT2D eigenvalue weighted by Gasteiger charge is 2.33. The zero-order valence-corrected chi connectivity index (χ0v) is 21.2. The van der Waals surface area contributed by atoms with Gasteiger partial charge < -0.3 is 10.5 Å². The van der Waals surface area contributed by atoms with Crippen LogP contribution in [0, 0.1) is 0 Å². The average Bonchev–Trinajstić information content (AvgIpc) is 3.39. The van der Waals surface area contributed by atoms with E-state index < -0.39 is 10.0 Å². The molecule has 3 heterocycles. The van der Waals surface area contributed by atoms with Gasteiger partial charge in [0.2, 0.25) is 21.9 Å². The van der Waals surface area contributed by atoms with E-state index in [9.17, 15) is 13.2 Å². The summed E-state index contributed by atoms with van der Waals surface area (Å²) >= 11 is 0. The number of anilines is 1. The molecule has 0 radical (unpaired) electrons. The maximum Gasteiger partial charge on any atom is 0.267 e. The van der Waals surface area contributed by atoms with E-state index >= 15 is 0 Å². The van der Waals surface area contributed by atoms with Crippen LogP contribution in [0.4, 0.5) is 5.95 Å². The summed E-state index contributed by atoms with van der Waals surface area (Å²) in [6.45, 7) is 0.544. The molecule has 0 unspecified atom stereocenters. The lowest BCUT2D eigenvalue weighted by Crippen LogP contribution is -2.26. The largest absolute Gasteiger partial charge is 0.480 e. The Balaban J connectivity index is 1.45. The van der Waals surface area contributed by atoms with Gasteiger partial charge in [0.25, 0.3) is 5.56 Å². The Morgan fingerprint density at radius 3 is 2.26 bits per heavy atom. The van der Waals surface area contributed by atoms with E-state index in [1.807, 2.05) is 42.5 Å². The van der Waals surface area contributed by atoms with Crippen molar-refractivity contribution in [3.05, 3.63) is 107 Å². The fraction of sp³-hybridized carbons (Fsp3) is 0.107. The maximum atomic E-state index is 13.7. The van der Waals surface area contributed by atoms with E-state index in [2.05, 4.69) is 9.97 Å². The molecule has 38 heavy (non-hydrogen) atoms. The van der Waals surface area contributed by atoms with Gasteiger partial charge in [0, 0.05) is 24.8 Å². The van der Waals surface area contributed by atoms with Gasteiger partial charge in [0.05, 0.1) is 23.7 Å². The molecule has 0 amide bonds. The number of hydrogen-bond acceptors (Lipinski definition) is 7. The summed E-state index contributed by atoms with van der Waals surface area (Å²) in [6.07, 6.45) is 1.53. The summed E-state index contributed by atoms with van der Waals surface area (Å²) in [7, 11) is -2.54. The predicted molar refractivity (Wildman–Crippen MR) is 144 cm³/mol. The molecular formula is C28H23N5O4S. The number of nitrogens with zero attached hydrogens (tertiary/aromatic N) is 4.